The zero-order valence-corrected chi connectivity index (χ0v) is 10.0. The second-order valence-electron chi connectivity index (χ2n) is 3.83. The van der Waals surface area contributed by atoms with Gasteiger partial charge in [-0.15, -0.1) is 0 Å². The van der Waals surface area contributed by atoms with Crippen molar-refractivity contribution in [2.45, 2.75) is 26.2 Å². The number of aryl methyl sites for hydroxylation is 1. The fourth-order valence-corrected chi connectivity index (χ4v) is 1.97. The fraction of sp³-hybridized carbons (Fsp3) is 0.333. The van der Waals surface area contributed by atoms with Crippen LogP contribution < -0.4 is 0 Å². The van der Waals surface area contributed by atoms with Gasteiger partial charge in [-0.05, 0) is 31.4 Å². The number of alkyl halides is 2. The van der Waals surface area contributed by atoms with Gasteiger partial charge in [0.25, 0.3) is 6.43 Å². The van der Waals surface area contributed by atoms with Crippen LogP contribution in [-0.4, -0.2) is 16.4 Å². The average Bonchev–Trinajstić information content (AvgIpc) is 2.33. The maximum Gasteiger partial charge on any atom is 0.263 e. The van der Waals surface area contributed by atoms with Crippen molar-refractivity contribution >= 4 is 17.2 Å². The monoisotopic (exact) mass is 256 g/mol. The van der Waals surface area contributed by atoms with Crippen LogP contribution in [0.4, 0.5) is 8.78 Å². The molecule has 0 bridgehead atoms. The average molecular weight is 257 g/mol. The standard InChI is InChI=1S/C12H11ClF2N2/c1-7-10(13)11(17-6-16-7)8-3-2-4-9(5-8)12(14)15/h4-6,12H,2-3H2,1H3. The highest BCUT2D eigenvalue weighted by Gasteiger charge is 2.17. The summed E-state index contributed by atoms with van der Waals surface area (Å²) in [5.41, 5.74) is 2.01. The van der Waals surface area contributed by atoms with E-state index in [2.05, 4.69) is 9.97 Å². The number of hydrogen-bond donors (Lipinski definition) is 0. The Morgan fingerprint density at radius 2 is 2.12 bits per heavy atom. The first-order chi connectivity index (χ1) is 8.09. The van der Waals surface area contributed by atoms with E-state index < -0.39 is 6.43 Å². The van der Waals surface area contributed by atoms with Gasteiger partial charge in [-0.25, -0.2) is 18.7 Å². The van der Waals surface area contributed by atoms with Crippen molar-refractivity contribution in [2.75, 3.05) is 0 Å². The third kappa shape index (κ3) is 2.52. The summed E-state index contributed by atoms with van der Waals surface area (Å²) in [7, 11) is 0. The molecule has 5 heteroatoms. The topological polar surface area (TPSA) is 25.8 Å². The number of allylic oxidation sites excluding steroid dienone is 4. The van der Waals surface area contributed by atoms with Gasteiger partial charge in [0, 0.05) is 5.57 Å². The van der Waals surface area contributed by atoms with Crippen LogP contribution in [0, 0.1) is 6.92 Å². The number of nitrogens with zero attached hydrogens (tertiary/aromatic N) is 2. The molecule has 1 heterocycles. The number of rotatable bonds is 2. The lowest BCUT2D eigenvalue weighted by molar-refractivity contribution is 0.193. The number of hydrogen-bond acceptors (Lipinski definition) is 2. The molecule has 0 atom stereocenters. The third-order valence-electron chi connectivity index (χ3n) is 2.65. The molecule has 17 heavy (non-hydrogen) atoms. The molecular formula is C12H11ClF2N2. The van der Waals surface area contributed by atoms with E-state index in [-0.39, 0.29) is 5.57 Å². The van der Waals surface area contributed by atoms with Gasteiger partial charge in [0.15, 0.2) is 0 Å². The molecule has 2 rings (SSSR count). The predicted octanol–water partition coefficient (Wildman–Crippen LogP) is 3.81. The smallest absolute Gasteiger partial charge is 0.240 e. The van der Waals surface area contributed by atoms with Gasteiger partial charge in [0.2, 0.25) is 0 Å². The highest BCUT2D eigenvalue weighted by atomic mass is 35.5. The van der Waals surface area contributed by atoms with Gasteiger partial charge in [-0.3, -0.25) is 0 Å². The van der Waals surface area contributed by atoms with Crippen LogP contribution in [0.3, 0.4) is 0 Å². The zero-order chi connectivity index (χ0) is 12.4. The normalized spacial score (nSPS) is 15.8. The van der Waals surface area contributed by atoms with Gasteiger partial charge in [-0.2, -0.15) is 0 Å². The Labute approximate surface area is 103 Å². The summed E-state index contributed by atoms with van der Waals surface area (Å²) in [6.45, 7) is 1.76. The molecule has 1 aromatic rings. The van der Waals surface area contributed by atoms with E-state index in [9.17, 15) is 8.78 Å². The molecule has 0 amide bonds. The molecule has 0 N–H and O–H groups in total. The Bertz CT molecular complexity index is 495. The Morgan fingerprint density at radius 3 is 2.82 bits per heavy atom. The van der Waals surface area contributed by atoms with E-state index >= 15 is 0 Å². The Balaban J connectivity index is 2.41. The van der Waals surface area contributed by atoms with Gasteiger partial charge >= 0.3 is 0 Å². The van der Waals surface area contributed by atoms with Crippen molar-refractivity contribution in [2.24, 2.45) is 0 Å². The molecule has 0 fully saturated rings. The number of aromatic nitrogens is 2. The first-order valence-electron chi connectivity index (χ1n) is 5.26. The molecule has 0 saturated carbocycles. The summed E-state index contributed by atoms with van der Waals surface area (Å²) in [6, 6.07) is 0. The van der Waals surface area contributed by atoms with Crippen molar-refractivity contribution in [3.8, 4) is 0 Å². The first kappa shape index (κ1) is 12.2. The van der Waals surface area contributed by atoms with Crippen LogP contribution >= 0.6 is 11.6 Å². The molecule has 1 aromatic heterocycles. The number of halogens is 3. The van der Waals surface area contributed by atoms with E-state index in [1.807, 2.05) is 0 Å². The second kappa shape index (κ2) is 4.92. The zero-order valence-electron chi connectivity index (χ0n) is 9.25. The van der Waals surface area contributed by atoms with Crippen LogP contribution in [0.1, 0.15) is 24.2 Å². The van der Waals surface area contributed by atoms with Gasteiger partial charge in [0.05, 0.1) is 16.4 Å². The quantitative estimate of drug-likeness (QED) is 0.804. The Kier molecular flexibility index (Phi) is 3.52. The molecule has 1 aliphatic rings. The van der Waals surface area contributed by atoms with Crippen molar-refractivity contribution in [1.29, 1.82) is 0 Å². The minimum atomic E-state index is -2.45. The summed E-state index contributed by atoms with van der Waals surface area (Å²) in [5.74, 6) is 0. The van der Waals surface area contributed by atoms with Gasteiger partial charge < -0.3 is 0 Å². The van der Waals surface area contributed by atoms with E-state index in [4.69, 9.17) is 11.6 Å². The maximum absolute atomic E-state index is 12.6. The highest BCUT2D eigenvalue weighted by Crippen LogP contribution is 2.32. The van der Waals surface area contributed by atoms with Gasteiger partial charge in [-0.1, -0.05) is 17.7 Å². The van der Waals surface area contributed by atoms with Crippen molar-refractivity contribution < 1.29 is 8.78 Å². The van der Waals surface area contributed by atoms with Crippen LogP contribution in [-0.2, 0) is 0 Å². The highest BCUT2D eigenvalue weighted by molar-refractivity contribution is 6.32. The maximum atomic E-state index is 12.6. The molecule has 0 aromatic carbocycles. The minimum Gasteiger partial charge on any atom is -0.240 e. The molecule has 1 aliphatic carbocycles. The van der Waals surface area contributed by atoms with Crippen LogP contribution in [0.5, 0.6) is 0 Å². The largest absolute Gasteiger partial charge is 0.263 e. The molecule has 0 aliphatic heterocycles. The van der Waals surface area contributed by atoms with Crippen molar-refractivity contribution in [3.63, 3.8) is 0 Å². The van der Waals surface area contributed by atoms with Crippen LogP contribution in [0.2, 0.25) is 5.02 Å². The Morgan fingerprint density at radius 1 is 1.35 bits per heavy atom. The molecule has 90 valence electrons. The molecular weight excluding hydrogens is 246 g/mol. The second-order valence-corrected chi connectivity index (χ2v) is 4.21. The predicted molar refractivity (Wildman–Crippen MR) is 63.1 cm³/mol. The fourth-order valence-electron chi connectivity index (χ4n) is 1.75. The Hall–Kier alpha value is -1.29. The summed E-state index contributed by atoms with van der Waals surface area (Å²) < 4.78 is 25.2. The van der Waals surface area contributed by atoms with Crippen molar-refractivity contribution in [3.05, 3.63) is 40.5 Å². The van der Waals surface area contributed by atoms with E-state index in [0.717, 1.165) is 5.57 Å². The van der Waals surface area contributed by atoms with Gasteiger partial charge in [0.1, 0.15) is 6.33 Å². The lowest BCUT2D eigenvalue weighted by Crippen LogP contribution is -2.02. The summed E-state index contributed by atoms with van der Waals surface area (Å²) in [6.07, 6.45) is 3.24. The van der Waals surface area contributed by atoms with Crippen molar-refractivity contribution in [1.82, 2.24) is 9.97 Å². The molecule has 0 unspecified atom stereocenters. The first-order valence-corrected chi connectivity index (χ1v) is 5.63. The molecule has 0 spiro atoms. The SMILES string of the molecule is Cc1ncnc(C2=CC(C(F)F)=CCC2)c1Cl. The minimum absolute atomic E-state index is 0.0404. The summed E-state index contributed by atoms with van der Waals surface area (Å²) >= 11 is 6.08. The van der Waals surface area contributed by atoms with Crippen LogP contribution in [0.15, 0.2) is 24.1 Å². The van der Waals surface area contributed by atoms with E-state index in [1.54, 1.807) is 13.0 Å². The third-order valence-corrected chi connectivity index (χ3v) is 3.11. The van der Waals surface area contributed by atoms with Crippen LogP contribution in [0.25, 0.3) is 5.57 Å². The molecule has 0 radical (unpaired) electrons. The van der Waals surface area contributed by atoms with E-state index in [1.165, 1.54) is 12.4 Å². The lowest BCUT2D eigenvalue weighted by atomic mass is 9.97. The molecule has 0 saturated heterocycles. The summed E-state index contributed by atoms with van der Waals surface area (Å²) in [4.78, 5) is 8.03. The molecule has 2 nitrogen and oxygen atoms in total. The van der Waals surface area contributed by atoms with E-state index in [0.29, 0.717) is 29.3 Å². The summed E-state index contributed by atoms with van der Waals surface area (Å²) in [5, 5.41) is 0.439. The lowest BCUT2D eigenvalue weighted by Gasteiger charge is -2.14.